The van der Waals surface area contributed by atoms with Crippen LogP contribution in [0.2, 0.25) is 0 Å². The molecule has 0 spiro atoms. The maximum Gasteiger partial charge on any atom is 0.222 e. The van der Waals surface area contributed by atoms with Crippen molar-refractivity contribution in [3.8, 4) is 5.75 Å². The summed E-state index contributed by atoms with van der Waals surface area (Å²) in [6.45, 7) is 3.66. The first-order valence-electron chi connectivity index (χ1n) is 12.4. The summed E-state index contributed by atoms with van der Waals surface area (Å²) in [5.74, 6) is 1.90. The molecule has 31 heavy (non-hydrogen) atoms. The van der Waals surface area contributed by atoms with Crippen molar-refractivity contribution in [2.24, 2.45) is 23.0 Å². The van der Waals surface area contributed by atoms with E-state index in [2.05, 4.69) is 18.3 Å². The van der Waals surface area contributed by atoms with Crippen molar-refractivity contribution in [2.45, 2.75) is 89.1 Å². The lowest BCUT2D eigenvalue weighted by Crippen LogP contribution is -2.52. The Morgan fingerprint density at radius 3 is 2.77 bits per heavy atom. The van der Waals surface area contributed by atoms with Gasteiger partial charge in [0.25, 0.3) is 0 Å². The molecule has 0 heterocycles. The number of benzene rings is 1. The van der Waals surface area contributed by atoms with Gasteiger partial charge >= 0.3 is 0 Å². The summed E-state index contributed by atoms with van der Waals surface area (Å²) in [5, 5.41) is 24.6. The van der Waals surface area contributed by atoms with Gasteiger partial charge in [-0.25, -0.2) is 0 Å². The van der Waals surface area contributed by atoms with E-state index < -0.39 is 5.60 Å². The third-order valence-electron chi connectivity index (χ3n) is 8.94. The molecule has 4 rings (SSSR count). The summed E-state index contributed by atoms with van der Waals surface area (Å²) in [7, 11) is 0. The van der Waals surface area contributed by atoms with E-state index in [1.54, 1.807) is 0 Å². The first-order chi connectivity index (χ1) is 14.9. The molecular weight excluding hydrogens is 388 g/mol. The fourth-order valence-electron chi connectivity index (χ4n) is 7.15. The standard InChI is InChI=1S/C26H40N2O3/c1-25-12-10-21-20-9-7-19(29)16-18(20)6-8-22(21)23(25)11-13-26(25,31)17-24(30)28-15-5-3-2-4-14-27/h7,9,16,21-23,29,31H,2-6,8,10-15,17,27H2,1H3,(H,28,30)/t21-,22-,23+,25+,26-/m1/s1. The Morgan fingerprint density at radius 1 is 1.16 bits per heavy atom. The summed E-state index contributed by atoms with van der Waals surface area (Å²) in [6.07, 6.45) is 10.3. The summed E-state index contributed by atoms with van der Waals surface area (Å²) >= 11 is 0. The van der Waals surface area contributed by atoms with E-state index in [1.165, 1.54) is 11.1 Å². The second-order valence-electron chi connectivity index (χ2n) is 10.6. The minimum absolute atomic E-state index is 0.00483. The summed E-state index contributed by atoms with van der Waals surface area (Å²) in [5.41, 5.74) is 7.13. The van der Waals surface area contributed by atoms with E-state index in [1.807, 2.05) is 12.1 Å². The summed E-state index contributed by atoms with van der Waals surface area (Å²) < 4.78 is 0. The number of carbonyl (C=O) groups is 1. The molecule has 5 N–H and O–H groups in total. The van der Waals surface area contributed by atoms with Gasteiger partial charge in [0.2, 0.25) is 5.91 Å². The number of amides is 1. The molecule has 3 aliphatic carbocycles. The molecule has 1 aromatic carbocycles. The number of nitrogens with two attached hydrogens (primary N) is 1. The third kappa shape index (κ3) is 4.23. The number of hydrogen-bond acceptors (Lipinski definition) is 4. The number of aryl methyl sites for hydroxylation is 1. The van der Waals surface area contributed by atoms with Gasteiger partial charge in [-0.05, 0) is 104 Å². The molecule has 172 valence electrons. The van der Waals surface area contributed by atoms with Crippen LogP contribution in [0.5, 0.6) is 5.75 Å². The van der Waals surface area contributed by atoms with Gasteiger partial charge < -0.3 is 21.3 Å². The van der Waals surface area contributed by atoms with Gasteiger partial charge in [0, 0.05) is 6.54 Å². The lowest BCUT2D eigenvalue weighted by molar-refractivity contribution is -0.139. The van der Waals surface area contributed by atoms with Gasteiger partial charge in [-0.15, -0.1) is 0 Å². The minimum atomic E-state index is -0.901. The fourth-order valence-corrected chi connectivity index (χ4v) is 7.15. The maximum atomic E-state index is 12.7. The molecule has 5 nitrogen and oxygen atoms in total. The molecular formula is C26H40N2O3. The quantitative estimate of drug-likeness (QED) is 0.471. The Labute approximate surface area is 186 Å². The lowest BCUT2D eigenvalue weighted by Gasteiger charge is -2.53. The van der Waals surface area contributed by atoms with Crippen LogP contribution in [-0.2, 0) is 11.2 Å². The number of unbranched alkanes of at least 4 members (excludes halogenated alkanes) is 3. The van der Waals surface area contributed by atoms with Crippen LogP contribution in [-0.4, -0.2) is 34.8 Å². The van der Waals surface area contributed by atoms with Crippen molar-refractivity contribution in [2.75, 3.05) is 13.1 Å². The van der Waals surface area contributed by atoms with Gasteiger partial charge in [-0.2, -0.15) is 0 Å². The molecule has 5 heteroatoms. The molecule has 1 aromatic rings. The number of phenols is 1. The van der Waals surface area contributed by atoms with Crippen LogP contribution in [0, 0.1) is 17.3 Å². The predicted octanol–water partition coefficient (Wildman–Crippen LogP) is 4.00. The van der Waals surface area contributed by atoms with E-state index in [4.69, 9.17) is 5.73 Å². The molecule has 0 saturated heterocycles. The number of aliphatic hydroxyl groups is 1. The van der Waals surface area contributed by atoms with E-state index in [0.717, 1.165) is 70.8 Å². The SMILES string of the molecule is C[C@]12CC[C@@H]3c4ccc(O)cc4CC[C@H]3[C@@H]1CC[C@@]2(O)CC(=O)NCCCCCCN. The molecule has 0 bridgehead atoms. The lowest BCUT2D eigenvalue weighted by atomic mass is 9.53. The predicted molar refractivity (Wildman–Crippen MR) is 123 cm³/mol. The van der Waals surface area contributed by atoms with Gasteiger partial charge in [0.15, 0.2) is 0 Å². The molecule has 0 aromatic heterocycles. The monoisotopic (exact) mass is 428 g/mol. The van der Waals surface area contributed by atoms with Crippen LogP contribution in [0.25, 0.3) is 0 Å². The van der Waals surface area contributed by atoms with Crippen LogP contribution in [0.1, 0.15) is 88.2 Å². The Morgan fingerprint density at radius 2 is 1.97 bits per heavy atom. The van der Waals surface area contributed by atoms with E-state index in [-0.39, 0.29) is 17.7 Å². The Kier molecular flexibility index (Phi) is 6.64. The third-order valence-corrected chi connectivity index (χ3v) is 8.94. The normalized spacial score (nSPS) is 34.0. The van der Waals surface area contributed by atoms with Gasteiger partial charge in [0.05, 0.1) is 12.0 Å². The number of phenolic OH excluding ortho intramolecular Hbond substituents is 1. The summed E-state index contributed by atoms with van der Waals surface area (Å²) in [6, 6.07) is 5.87. The van der Waals surface area contributed by atoms with Gasteiger partial charge in [0.1, 0.15) is 5.75 Å². The topological polar surface area (TPSA) is 95.6 Å². The zero-order valence-electron chi connectivity index (χ0n) is 19.0. The average molecular weight is 429 g/mol. The number of hydrogen-bond donors (Lipinski definition) is 4. The smallest absolute Gasteiger partial charge is 0.222 e. The first kappa shape index (κ1) is 22.6. The van der Waals surface area contributed by atoms with Crippen LogP contribution in [0.15, 0.2) is 18.2 Å². The molecule has 5 atom stereocenters. The maximum absolute atomic E-state index is 12.7. The van der Waals surface area contributed by atoms with Crippen LogP contribution in [0.4, 0.5) is 0 Å². The average Bonchev–Trinajstić information content (AvgIpc) is 3.00. The van der Waals surface area contributed by atoms with Gasteiger partial charge in [-0.3, -0.25) is 4.79 Å². The van der Waals surface area contributed by atoms with Gasteiger partial charge in [-0.1, -0.05) is 25.8 Å². The molecule has 0 radical (unpaired) electrons. The number of carbonyl (C=O) groups excluding carboxylic acids is 1. The summed E-state index contributed by atoms with van der Waals surface area (Å²) in [4.78, 5) is 12.7. The number of fused-ring (bicyclic) bond motifs is 5. The Hall–Kier alpha value is -1.59. The minimum Gasteiger partial charge on any atom is -0.508 e. The van der Waals surface area contributed by atoms with Crippen LogP contribution < -0.4 is 11.1 Å². The number of aromatic hydroxyl groups is 1. The Bertz CT molecular complexity index is 797. The molecule has 0 unspecified atom stereocenters. The molecule has 0 aliphatic heterocycles. The zero-order chi connectivity index (χ0) is 22.1. The van der Waals surface area contributed by atoms with Crippen molar-refractivity contribution in [1.82, 2.24) is 5.32 Å². The highest BCUT2D eigenvalue weighted by Crippen LogP contribution is 2.65. The highest BCUT2D eigenvalue weighted by Gasteiger charge is 2.61. The molecule has 2 saturated carbocycles. The van der Waals surface area contributed by atoms with Crippen molar-refractivity contribution < 1.29 is 15.0 Å². The van der Waals surface area contributed by atoms with Crippen LogP contribution >= 0.6 is 0 Å². The molecule has 1 amide bonds. The van der Waals surface area contributed by atoms with Crippen molar-refractivity contribution in [3.63, 3.8) is 0 Å². The van der Waals surface area contributed by atoms with Crippen molar-refractivity contribution in [3.05, 3.63) is 29.3 Å². The second kappa shape index (κ2) is 9.11. The molecule has 3 aliphatic rings. The number of rotatable bonds is 8. The zero-order valence-corrected chi connectivity index (χ0v) is 19.0. The van der Waals surface area contributed by atoms with E-state index in [9.17, 15) is 15.0 Å². The fraction of sp³-hybridized carbons (Fsp3) is 0.731. The highest BCUT2D eigenvalue weighted by molar-refractivity contribution is 5.77. The Balaban J connectivity index is 1.39. The van der Waals surface area contributed by atoms with Crippen LogP contribution in [0.3, 0.4) is 0 Å². The van der Waals surface area contributed by atoms with Crippen molar-refractivity contribution in [1.29, 1.82) is 0 Å². The molecule has 2 fully saturated rings. The number of nitrogens with one attached hydrogen (secondary N) is 1. The van der Waals surface area contributed by atoms with Crippen molar-refractivity contribution >= 4 is 5.91 Å². The largest absolute Gasteiger partial charge is 0.508 e. The first-order valence-corrected chi connectivity index (χ1v) is 12.4. The highest BCUT2D eigenvalue weighted by atomic mass is 16.3. The van der Waals surface area contributed by atoms with E-state index in [0.29, 0.717) is 30.0 Å². The van der Waals surface area contributed by atoms with E-state index >= 15 is 0 Å². The second-order valence-corrected chi connectivity index (χ2v) is 10.6.